The summed E-state index contributed by atoms with van der Waals surface area (Å²) >= 11 is 0. The highest BCUT2D eigenvalue weighted by molar-refractivity contribution is 5.86. The maximum Gasteiger partial charge on any atom is 0.128 e. The van der Waals surface area contributed by atoms with Crippen LogP contribution >= 0.6 is 12.4 Å². The summed E-state index contributed by atoms with van der Waals surface area (Å²) in [4.78, 5) is 5.93. The molecule has 1 unspecified atom stereocenters. The van der Waals surface area contributed by atoms with Crippen molar-refractivity contribution in [3.8, 4) is 11.5 Å². The minimum absolute atomic E-state index is 0. The summed E-state index contributed by atoms with van der Waals surface area (Å²) in [6.07, 6.45) is 3.46. The molecule has 2 aromatic carbocycles. The number of aromatic amines is 1. The van der Waals surface area contributed by atoms with Gasteiger partial charge in [-0.1, -0.05) is 18.2 Å². The molecular weight excluding hydrogens is 320 g/mol. The number of H-pyrrole nitrogens is 1. The second kappa shape index (κ2) is 6.88. The first-order valence-electron chi connectivity index (χ1n) is 8.23. The van der Waals surface area contributed by atoms with E-state index in [1.165, 1.54) is 28.6 Å². The second-order valence-electron chi connectivity index (χ2n) is 6.56. The van der Waals surface area contributed by atoms with Gasteiger partial charge in [-0.15, -0.1) is 12.4 Å². The fraction of sp³-hybridized carbons (Fsp3) is 0.300. The van der Waals surface area contributed by atoms with Crippen molar-refractivity contribution < 1.29 is 4.74 Å². The molecule has 24 heavy (non-hydrogen) atoms. The normalized spacial score (nSPS) is 16.7. The molecule has 126 valence electrons. The number of para-hydroxylation sites is 1. The van der Waals surface area contributed by atoms with Gasteiger partial charge in [-0.3, -0.25) is 0 Å². The molecule has 0 radical (unpaired) electrons. The molecule has 0 aliphatic heterocycles. The lowest BCUT2D eigenvalue weighted by atomic mass is 9.91. The first kappa shape index (κ1) is 16.9. The highest BCUT2D eigenvalue weighted by Crippen LogP contribution is 2.33. The summed E-state index contributed by atoms with van der Waals surface area (Å²) in [5.41, 5.74) is 4.08. The molecule has 3 aromatic rings. The third-order valence-corrected chi connectivity index (χ3v) is 4.84. The minimum atomic E-state index is 0. The zero-order chi connectivity index (χ0) is 15.8. The molecule has 0 amide bonds. The first-order chi connectivity index (χ1) is 11.2. The summed E-state index contributed by atoms with van der Waals surface area (Å²) in [6, 6.07) is 16.9. The van der Waals surface area contributed by atoms with Crippen molar-refractivity contribution in [3.63, 3.8) is 0 Å². The van der Waals surface area contributed by atoms with Crippen LogP contribution in [0, 0.1) is 0 Å². The predicted molar refractivity (Wildman–Crippen MR) is 102 cm³/mol. The van der Waals surface area contributed by atoms with Gasteiger partial charge in [0.1, 0.15) is 11.5 Å². The molecule has 1 atom stereocenters. The van der Waals surface area contributed by atoms with Crippen LogP contribution in [-0.2, 0) is 12.8 Å². The van der Waals surface area contributed by atoms with Crippen molar-refractivity contribution in [3.05, 3.63) is 59.8 Å². The number of aromatic nitrogens is 1. The maximum absolute atomic E-state index is 6.00. The number of ether oxygens (including phenoxy) is 1. The van der Waals surface area contributed by atoms with E-state index in [0.717, 1.165) is 24.3 Å². The molecule has 1 aliphatic carbocycles. The Morgan fingerprint density at radius 1 is 1.04 bits per heavy atom. The monoisotopic (exact) mass is 342 g/mol. The predicted octanol–water partition coefficient (Wildman–Crippen LogP) is 4.80. The van der Waals surface area contributed by atoms with E-state index < -0.39 is 0 Å². The second-order valence-corrected chi connectivity index (χ2v) is 6.56. The molecule has 1 heterocycles. The molecule has 0 saturated carbocycles. The fourth-order valence-corrected chi connectivity index (χ4v) is 3.51. The van der Waals surface area contributed by atoms with E-state index in [4.69, 9.17) is 4.74 Å². The third-order valence-electron chi connectivity index (χ3n) is 4.84. The Morgan fingerprint density at radius 2 is 1.83 bits per heavy atom. The Balaban J connectivity index is 0.00000169. The Morgan fingerprint density at radius 3 is 2.58 bits per heavy atom. The maximum atomic E-state index is 6.00. The topological polar surface area (TPSA) is 28.3 Å². The number of halogens is 1. The van der Waals surface area contributed by atoms with Crippen LogP contribution in [0.4, 0.5) is 0 Å². The summed E-state index contributed by atoms with van der Waals surface area (Å²) in [5, 5.41) is 1.31. The van der Waals surface area contributed by atoms with E-state index in [0.29, 0.717) is 6.04 Å². The van der Waals surface area contributed by atoms with Gasteiger partial charge in [-0.2, -0.15) is 0 Å². The molecule has 1 N–H and O–H groups in total. The lowest BCUT2D eigenvalue weighted by Crippen LogP contribution is -2.33. The number of nitrogens with one attached hydrogen (secondary N) is 1. The van der Waals surface area contributed by atoms with Crippen LogP contribution in [0.3, 0.4) is 0 Å². The standard InChI is InChI=1S/C20H22N2O.ClH/c1-22(2)14-8-10-19-17(12-14)18-13-16(9-11-20(18)21-19)23-15-6-4-3-5-7-15;/h3-7,9,11,13-14,21H,8,10,12H2,1-2H3;1H. The number of nitrogens with zero attached hydrogens (tertiary/aromatic N) is 1. The highest BCUT2D eigenvalue weighted by Gasteiger charge is 2.23. The smallest absolute Gasteiger partial charge is 0.128 e. The van der Waals surface area contributed by atoms with Crippen molar-refractivity contribution in [2.45, 2.75) is 25.3 Å². The fourth-order valence-electron chi connectivity index (χ4n) is 3.51. The zero-order valence-electron chi connectivity index (χ0n) is 14.1. The van der Waals surface area contributed by atoms with Gasteiger partial charge in [-0.25, -0.2) is 0 Å². The molecule has 1 aromatic heterocycles. The number of aryl methyl sites for hydroxylation is 1. The van der Waals surface area contributed by atoms with Gasteiger partial charge in [0, 0.05) is 22.6 Å². The number of fused-ring (bicyclic) bond motifs is 3. The first-order valence-corrected chi connectivity index (χ1v) is 8.23. The van der Waals surface area contributed by atoms with Gasteiger partial charge < -0.3 is 14.6 Å². The number of likely N-dealkylation sites (N-methyl/N-ethyl adjacent to an activating group) is 1. The van der Waals surface area contributed by atoms with E-state index in [1.54, 1.807) is 0 Å². The Labute approximate surface area is 149 Å². The Kier molecular flexibility index (Phi) is 4.83. The van der Waals surface area contributed by atoms with Crippen molar-refractivity contribution >= 4 is 23.3 Å². The van der Waals surface area contributed by atoms with Crippen molar-refractivity contribution in [1.82, 2.24) is 9.88 Å². The van der Waals surface area contributed by atoms with E-state index in [9.17, 15) is 0 Å². The summed E-state index contributed by atoms with van der Waals surface area (Å²) in [7, 11) is 4.35. The Hall–Kier alpha value is -1.97. The highest BCUT2D eigenvalue weighted by atomic mass is 35.5. The van der Waals surface area contributed by atoms with Crippen LogP contribution in [0.2, 0.25) is 0 Å². The Bertz CT molecular complexity index is 826. The lowest BCUT2D eigenvalue weighted by molar-refractivity contribution is 0.268. The summed E-state index contributed by atoms with van der Waals surface area (Å²) in [6.45, 7) is 0. The average Bonchev–Trinajstić information content (AvgIpc) is 2.93. The number of rotatable bonds is 3. The van der Waals surface area contributed by atoms with Gasteiger partial charge in [0.2, 0.25) is 0 Å². The molecule has 1 aliphatic rings. The molecule has 0 saturated heterocycles. The van der Waals surface area contributed by atoms with Gasteiger partial charge in [0.25, 0.3) is 0 Å². The summed E-state index contributed by atoms with van der Waals surface area (Å²) in [5.74, 6) is 1.78. The van der Waals surface area contributed by atoms with Gasteiger partial charge in [-0.05, 0) is 69.3 Å². The largest absolute Gasteiger partial charge is 0.457 e. The van der Waals surface area contributed by atoms with Crippen LogP contribution in [0.5, 0.6) is 11.5 Å². The van der Waals surface area contributed by atoms with E-state index in [1.807, 2.05) is 36.4 Å². The van der Waals surface area contributed by atoms with Crippen molar-refractivity contribution in [1.29, 1.82) is 0 Å². The summed E-state index contributed by atoms with van der Waals surface area (Å²) < 4.78 is 6.00. The zero-order valence-corrected chi connectivity index (χ0v) is 14.9. The van der Waals surface area contributed by atoms with Crippen LogP contribution in [0.25, 0.3) is 10.9 Å². The lowest BCUT2D eigenvalue weighted by Gasteiger charge is -2.28. The number of hydrogen-bond acceptors (Lipinski definition) is 2. The molecule has 0 fully saturated rings. The molecule has 3 nitrogen and oxygen atoms in total. The van der Waals surface area contributed by atoms with Crippen molar-refractivity contribution in [2.24, 2.45) is 0 Å². The molecule has 4 rings (SSSR count). The van der Waals surface area contributed by atoms with Gasteiger partial charge in [0.05, 0.1) is 0 Å². The van der Waals surface area contributed by atoms with Crippen LogP contribution in [-0.4, -0.2) is 30.0 Å². The molecule has 4 heteroatoms. The van der Waals surface area contributed by atoms with E-state index in [-0.39, 0.29) is 12.4 Å². The van der Waals surface area contributed by atoms with Crippen LogP contribution in [0.15, 0.2) is 48.5 Å². The number of hydrogen-bond donors (Lipinski definition) is 1. The van der Waals surface area contributed by atoms with Gasteiger partial charge >= 0.3 is 0 Å². The number of benzene rings is 2. The van der Waals surface area contributed by atoms with Crippen molar-refractivity contribution in [2.75, 3.05) is 14.1 Å². The quantitative estimate of drug-likeness (QED) is 0.740. The van der Waals surface area contributed by atoms with Crippen LogP contribution in [0.1, 0.15) is 17.7 Å². The van der Waals surface area contributed by atoms with Crippen LogP contribution < -0.4 is 4.74 Å². The van der Waals surface area contributed by atoms with E-state index in [2.05, 4.69) is 36.1 Å². The van der Waals surface area contributed by atoms with E-state index >= 15 is 0 Å². The molecular formula is C20H23ClN2O. The molecule has 0 spiro atoms. The SMILES string of the molecule is CN(C)C1CCc2[nH]c3ccc(Oc4ccccc4)cc3c2C1.Cl. The molecule has 0 bridgehead atoms. The minimum Gasteiger partial charge on any atom is -0.457 e. The average molecular weight is 343 g/mol. The third kappa shape index (κ3) is 3.14. The van der Waals surface area contributed by atoms with Gasteiger partial charge in [0.15, 0.2) is 0 Å².